The third-order valence-corrected chi connectivity index (χ3v) is 1.17. The summed E-state index contributed by atoms with van der Waals surface area (Å²) in [4.78, 5) is 9.99. The maximum atomic E-state index is 9.99. The molecule has 3 heteroatoms. The van der Waals surface area contributed by atoms with Crippen LogP contribution in [-0.2, 0) is 4.79 Å². The van der Waals surface area contributed by atoms with Gasteiger partial charge >= 0.3 is 5.97 Å². The van der Waals surface area contributed by atoms with Crippen LogP contribution < -0.4 is 0 Å². The van der Waals surface area contributed by atoms with Crippen LogP contribution in [0.2, 0.25) is 0 Å². The molecule has 1 N–H and O–H groups in total. The average molecular weight is 121 g/mol. The second kappa shape index (κ2) is 2.91. The molecule has 0 aromatic heterocycles. The van der Waals surface area contributed by atoms with E-state index in [1.165, 1.54) is 0 Å². The molecule has 0 saturated heterocycles. The lowest BCUT2D eigenvalue weighted by molar-refractivity contribution is -0.140. The molecule has 0 aromatic carbocycles. The summed E-state index contributed by atoms with van der Waals surface area (Å²) in [6.45, 7) is 1.59. The zero-order valence-corrected chi connectivity index (χ0v) is 4.86. The molecule has 2 nitrogen and oxygen atoms in total. The minimum absolute atomic E-state index is 0.370. The minimum Gasteiger partial charge on any atom is -0.481 e. The van der Waals surface area contributed by atoms with E-state index in [4.69, 9.17) is 6.23 Å². The number of carboxylic acid groups (broad SMARTS) is 1. The summed E-state index contributed by atoms with van der Waals surface area (Å²) in [5, 5.41) is 8.22. The van der Waals surface area contributed by atoms with Crippen LogP contribution in [0, 0.1) is 5.92 Å². The van der Waals surface area contributed by atoms with Gasteiger partial charge in [0.15, 0.2) is 0 Å². The molecule has 0 rings (SSSR count). The molecule has 7 heavy (non-hydrogen) atoms. The van der Waals surface area contributed by atoms with Gasteiger partial charge in [-0.3, -0.25) is 4.79 Å². The lowest BCUT2D eigenvalue weighted by atomic mass is 10.2. The molecule has 42 valence electrons. The third-order valence-electron chi connectivity index (χ3n) is 0.672. The topological polar surface area (TPSA) is 37.3 Å². The van der Waals surface area contributed by atoms with Crippen LogP contribution in [0.5, 0.6) is 0 Å². The predicted molar refractivity (Wildman–Crippen MR) is 30.7 cm³/mol. The fourth-order valence-electron chi connectivity index (χ4n) is 0.0713. The second-order valence-electron chi connectivity index (χ2n) is 1.41. The summed E-state index contributed by atoms with van der Waals surface area (Å²) < 4.78 is 6.58. The normalized spacial score (nSPS) is 15.3. The van der Waals surface area contributed by atoms with E-state index >= 15 is 0 Å². The quantitative estimate of drug-likeness (QED) is 0.537. The van der Waals surface area contributed by atoms with Crippen molar-refractivity contribution in [2.75, 3.05) is 5.75 Å². The van der Waals surface area contributed by atoms with Gasteiger partial charge in [-0.1, -0.05) is 6.92 Å². The van der Waals surface area contributed by atoms with E-state index in [9.17, 15) is 4.79 Å². The molecule has 0 heterocycles. The Bertz CT molecular complexity index is 86.1. The number of thiol groups is 1. The number of hydrogen-bond acceptors (Lipinski definition) is 2. The van der Waals surface area contributed by atoms with Crippen molar-refractivity contribution in [1.82, 2.24) is 0 Å². The molecular formula is C4H8O2S. The number of carboxylic acids is 1. The second-order valence-corrected chi connectivity index (χ2v) is 1.74. The minimum atomic E-state index is -0.829. The molecule has 1 unspecified atom stereocenters. The highest BCUT2D eigenvalue weighted by molar-refractivity contribution is 7.80. The largest absolute Gasteiger partial charge is 0.481 e. The van der Waals surface area contributed by atoms with Gasteiger partial charge in [0.1, 0.15) is 1.12 Å². The monoisotopic (exact) mass is 121 g/mol. The van der Waals surface area contributed by atoms with Crippen LogP contribution >= 0.6 is 12.5 Å². The molecule has 0 bridgehead atoms. The smallest absolute Gasteiger partial charge is 0.307 e. The van der Waals surface area contributed by atoms with Crippen molar-refractivity contribution in [2.24, 2.45) is 5.92 Å². The summed E-state index contributed by atoms with van der Waals surface area (Å²) in [5.74, 6) is -0.850. The van der Waals surface area contributed by atoms with E-state index in [0.29, 0.717) is 5.75 Å². The first-order valence-corrected chi connectivity index (χ1v) is 2.57. The maximum Gasteiger partial charge on any atom is 0.307 e. The van der Waals surface area contributed by atoms with Crippen molar-refractivity contribution in [1.29, 1.82) is 1.12 Å². The zero-order chi connectivity index (χ0) is 6.57. The lowest BCUT2D eigenvalue weighted by Crippen LogP contribution is -2.09. The maximum absolute atomic E-state index is 9.99. The van der Waals surface area contributed by atoms with Gasteiger partial charge in [0.05, 0.1) is 5.92 Å². The van der Waals surface area contributed by atoms with Gasteiger partial charge in [-0.2, -0.15) is 12.5 Å². The van der Waals surface area contributed by atoms with Crippen molar-refractivity contribution in [3.63, 3.8) is 0 Å². The van der Waals surface area contributed by atoms with E-state index in [1.54, 1.807) is 6.92 Å². The van der Waals surface area contributed by atoms with Gasteiger partial charge in [0.25, 0.3) is 0 Å². The molecular weight excluding hydrogens is 112 g/mol. The number of carbonyl (C=O) groups is 1. The highest BCUT2D eigenvalue weighted by Gasteiger charge is 2.05. The summed E-state index contributed by atoms with van der Waals surface area (Å²) in [7, 11) is 0. The van der Waals surface area contributed by atoms with Gasteiger partial charge in [0.2, 0.25) is 0 Å². The van der Waals surface area contributed by atoms with Crippen molar-refractivity contribution in [3.05, 3.63) is 0 Å². The number of rotatable bonds is 3. The van der Waals surface area contributed by atoms with Gasteiger partial charge < -0.3 is 5.11 Å². The van der Waals surface area contributed by atoms with E-state index in [1.807, 2.05) is 0 Å². The highest BCUT2D eigenvalue weighted by Crippen LogP contribution is 1.94. The van der Waals surface area contributed by atoms with Crippen LogP contribution in [0.4, 0.5) is 0 Å². The Balaban J connectivity index is 3.32. The van der Waals surface area contributed by atoms with Crippen LogP contribution in [0.1, 0.15) is 6.92 Å². The molecule has 0 fully saturated rings. The average Bonchev–Trinajstić information content (AvgIpc) is 1.67. The van der Waals surface area contributed by atoms with Gasteiger partial charge in [-0.05, 0) is 0 Å². The molecule has 0 aliphatic heterocycles. The number of aliphatic carboxylic acids is 1. The van der Waals surface area contributed by atoms with Crippen molar-refractivity contribution in [2.45, 2.75) is 6.92 Å². The first-order valence-electron chi connectivity index (χ1n) is 2.40. The van der Waals surface area contributed by atoms with Gasteiger partial charge in [0, 0.05) is 5.75 Å². The van der Waals surface area contributed by atoms with Gasteiger partial charge in [-0.15, -0.1) is 0 Å². The summed E-state index contributed by atoms with van der Waals surface area (Å²) in [6, 6.07) is 0. The fourth-order valence-corrected chi connectivity index (χ4v) is 0.214. The first-order chi connectivity index (χ1) is 3.68. The lowest BCUT2D eigenvalue weighted by Gasteiger charge is -1.95. The summed E-state index contributed by atoms with van der Waals surface area (Å²) >= 11 is 0.807. The van der Waals surface area contributed by atoms with Crippen molar-refractivity contribution >= 4 is 18.5 Å². The van der Waals surface area contributed by atoms with Crippen LogP contribution in [0.15, 0.2) is 0 Å². The zero-order valence-electron chi connectivity index (χ0n) is 5.05. The van der Waals surface area contributed by atoms with E-state index in [0.717, 1.165) is 12.5 Å². The Labute approximate surface area is 49.0 Å². The van der Waals surface area contributed by atoms with Crippen molar-refractivity contribution < 1.29 is 9.90 Å². The van der Waals surface area contributed by atoms with Crippen LogP contribution in [-0.4, -0.2) is 18.0 Å². The standard InChI is InChI=1S/C4H8O2S/c1-3(2-7)4(5)6/h3,7H,2H2,1H3,(H,5,6)/i/hD. The molecule has 1 atom stereocenters. The molecule has 0 aliphatic rings. The summed E-state index contributed by atoms with van der Waals surface area (Å²) in [6.07, 6.45) is 0. The first kappa shape index (κ1) is 4.97. The molecule has 0 aliphatic carbocycles. The molecule has 0 saturated carbocycles. The Hall–Kier alpha value is -0.180. The Morgan fingerprint density at radius 3 is 3.00 bits per heavy atom. The third kappa shape index (κ3) is 2.51. The molecule has 0 spiro atoms. The molecule has 0 radical (unpaired) electrons. The SMILES string of the molecule is [2H]SCC(C)C(=O)O. The highest BCUT2D eigenvalue weighted by atomic mass is 32.1. The van der Waals surface area contributed by atoms with E-state index in [2.05, 4.69) is 0 Å². The van der Waals surface area contributed by atoms with E-state index < -0.39 is 11.9 Å². The van der Waals surface area contributed by atoms with Crippen LogP contribution in [0.25, 0.3) is 0 Å². The Morgan fingerprint density at radius 2 is 2.86 bits per heavy atom. The molecule has 0 amide bonds. The summed E-state index contributed by atoms with van der Waals surface area (Å²) in [5.41, 5.74) is 0. The number of hydrogen-bond donors (Lipinski definition) is 2. The Morgan fingerprint density at radius 1 is 2.29 bits per heavy atom. The van der Waals surface area contributed by atoms with Gasteiger partial charge in [-0.25, -0.2) is 0 Å². The van der Waals surface area contributed by atoms with Crippen LogP contribution in [0.3, 0.4) is 0 Å². The fraction of sp³-hybridized carbons (Fsp3) is 0.750. The van der Waals surface area contributed by atoms with Crippen molar-refractivity contribution in [3.8, 4) is 0 Å². The Kier molecular flexibility index (Phi) is 2.06. The molecule has 0 aromatic rings. The predicted octanol–water partition coefficient (Wildman–Crippen LogP) is 0.637. The van der Waals surface area contributed by atoms with E-state index in [-0.39, 0.29) is 0 Å².